The van der Waals surface area contributed by atoms with Gasteiger partial charge >= 0.3 is 0 Å². The lowest BCUT2D eigenvalue weighted by Crippen LogP contribution is -2.38. The molecule has 0 aliphatic carbocycles. The fourth-order valence-electron chi connectivity index (χ4n) is 2.36. The summed E-state index contributed by atoms with van der Waals surface area (Å²) in [6, 6.07) is 6.26. The van der Waals surface area contributed by atoms with Gasteiger partial charge in [-0.2, -0.15) is 0 Å². The number of benzene rings is 1. The van der Waals surface area contributed by atoms with Crippen molar-refractivity contribution in [2.75, 3.05) is 38.4 Å². The maximum atomic E-state index is 12.2. The van der Waals surface area contributed by atoms with Gasteiger partial charge in [0.2, 0.25) is 0 Å². The number of hydrogen-bond acceptors (Lipinski definition) is 3. The highest BCUT2D eigenvalue weighted by atomic mass is 16.5. The van der Waals surface area contributed by atoms with Gasteiger partial charge in [0.25, 0.3) is 5.91 Å². The summed E-state index contributed by atoms with van der Waals surface area (Å²) in [6.07, 6.45) is 2.06. The molecule has 0 fully saturated rings. The molecular weight excluding hydrogens is 242 g/mol. The molecule has 1 aliphatic rings. The second kappa shape index (κ2) is 6.68. The van der Waals surface area contributed by atoms with Gasteiger partial charge in [0, 0.05) is 19.3 Å². The van der Waals surface area contributed by atoms with Crippen molar-refractivity contribution in [2.45, 2.75) is 19.8 Å². The van der Waals surface area contributed by atoms with E-state index in [9.17, 15) is 4.79 Å². The van der Waals surface area contributed by atoms with Crippen molar-refractivity contribution < 1.29 is 14.3 Å². The summed E-state index contributed by atoms with van der Waals surface area (Å²) >= 11 is 0. The molecule has 0 bridgehead atoms. The number of carbonyl (C=O) groups excluding carboxylic acids is 1. The smallest absolute Gasteiger partial charge is 0.252 e. The topological polar surface area (TPSA) is 38.8 Å². The van der Waals surface area contributed by atoms with Crippen LogP contribution in [-0.2, 0) is 20.7 Å². The van der Waals surface area contributed by atoms with Crippen LogP contribution >= 0.6 is 0 Å². The molecule has 0 N–H and O–H groups in total. The number of methoxy groups -OCH3 is 1. The maximum Gasteiger partial charge on any atom is 0.252 e. The van der Waals surface area contributed by atoms with E-state index in [4.69, 9.17) is 9.47 Å². The van der Waals surface area contributed by atoms with Crippen molar-refractivity contribution in [1.82, 2.24) is 0 Å². The third-order valence-corrected chi connectivity index (χ3v) is 3.31. The number of rotatable bonds is 5. The Labute approximate surface area is 114 Å². The van der Waals surface area contributed by atoms with E-state index in [0.717, 1.165) is 25.1 Å². The molecule has 0 saturated heterocycles. The van der Waals surface area contributed by atoms with E-state index in [1.807, 2.05) is 11.0 Å². The van der Waals surface area contributed by atoms with Crippen molar-refractivity contribution in [2.24, 2.45) is 0 Å². The Morgan fingerprint density at radius 1 is 1.37 bits per heavy atom. The molecule has 1 aromatic rings. The minimum Gasteiger partial charge on any atom is -0.382 e. The third-order valence-electron chi connectivity index (χ3n) is 3.31. The SMILES string of the molecule is COCCOCC(=O)N1CCCc2cc(C)ccc21. The fraction of sp³-hybridized carbons (Fsp3) is 0.533. The van der Waals surface area contributed by atoms with E-state index >= 15 is 0 Å². The Kier molecular flexibility index (Phi) is 4.93. The van der Waals surface area contributed by atoms with Gasteiger partial charge in [0.05, 0.1) is 13.2 Å². The van der Waals surface area contributed by atoms with E-state index in [1.54, 1.807) is 7.11 Å². The molecule has 0 unspecified atom stereocenters. The first-order chi connectivity index (χ1) is 9.22. The Morgan fingerprint density at radius 3 is 3.00 bits per heavy atom. The number of anilines is 1. The van der Waals surface area contributed by atoms with Crippen LogP contribution in [0.1, 0.15) is 17.5 Å². The summed E-state index contributed by atoms with van der Waals surface area (Å²) < 4.78 is 10.2. The predicted octanol–water partition coefficient (Wildman–Crippen LogP) is 1.94. The highest BCUT2D eigenvalue weighted by Gasteiger charge is 2.22. The normalized spacial score (nSPS) is 14.3. The average Bonchev–Trinajstić information content (AvgIpc) is 2.42. The minimum atomic E-state index is 0.0286. The lowest BCUT2D eigenvalue weighted by atomic mass is 9.99. The first-order valence-corrected chi connectivity index (χ1v) is 6.69. The molecule has 4 nitrogen and oxygen atoms in total. The molecule has 1 aromatic carbocycles. The van der Waals surface area contributed by atoms with E-state index in [2.05, 4.69) is 19.1 Å². The van der Waals surface area contributed by atoms with Gasteiger partial charge < -0.3 is 14.4 Å². The van der Waals surface area contributed by atoms with Crippen LogP contribution in [0.2, 0.25) is 0 Å². The second-order valence-corrected chi connectivity index (χ2v) is 4.83. The van der Waals surface area contributed by atoms with E-state index in [1.165, 1.54) is 11.1 Å². The molecule has 2 rings (SSSR count). The Bertz CT molecular complexity index is 445. The molecule has 1 aliphatic heterocycles. The molecule has 4 heteroatoms. The van der Waals surface area contributed by atoms with Gasteiger partial charge in [0.1, 0.15) is 6.61 Å². The van der Waals surface area contributed by atoms with Gasteiger partial charge in [-0.1, -0.05) is 17.7 Å². The average molecular weight is 263 g/mol. The van der Waals surface area contributed by atoms with Crippen molar-refractivity contribution >= 4 is 11.6 Å². The lowest BCUT2D eigenvalue weighted by Gasteiger charge is -2.29. The van der Waals surface area contributed by atoms with E-state index in [-0.39, 0.29) is 12.5 Å². The van der Waals surface area contributed by atoms with Gasteiger partial charge in [-0.15, -0.1) is 0 Å². The molecule has 0 atom stereocenters. The van der Waals surface area contributed by atoms with Gasteiger partial charge in [-0.25, -0.2) is 0 Å². The largest absolute Gasteiger partial charge is 0.382 e. The summed E-state index contributed by atoms with van der Waals surface area (Å²) in [5.41, 5.74) is 3.54. The summed E-state index contributed by atoms with van der Waals surface area (Å²) in [6.45, 7) is 3.95. The van der Waals surface area contributed by atoms with Crippen molar-refractivity contribution in [1.29, 1.82) is 0 Å². The molecule has 0 saturated carbocycles. The number of fused-ring (bicyclic) bond motifs is 1. The number of ether oxygens (including phenoxy) is 2. The summed E-state index contributed by atoms with van der Waals surface area (Å²) in [4.78, 5) is 14.0. The van der Waals surface area contributed by atoms with Gasteiger partial charge in [-0.3, -0.25) is 4.79 Å². The zero-order valence-corrected chi connectivity index (χ0v) is 11.6. The van der Waals surface area contributed by atoms with Crippen molar-refractivity contribution in [3.05, 3.63) is 29.3 Å². The van der Waals surface area contributed by atoms with Gasteiger partial charge in [-0.05, 0) is 31.4 Å². The number of carbonyl (C=O) groups is 1. The van der Waals surface area contributed by atoms with Crippen LogP contribution in [-0.4, -0.2) is 39.4 Å². The van der Waals surface area contributed by atoms with Crippen LogP contribution in [0.15, 0.2) is 18.2 Å². The fourth-order valence-corrected chi connectivity index (χ4v) is 2.36. The van der Waals surface area contributed by atoms with Crippen molar-refractivity contribution in [3.63, 3.8) is 0 Å². The van der Waals surface area contributed by atoms with Crippen LogP contribution < -0.4 is 4.90 Å². The number of aryl methyl sites for hydroxylation is 2. The Morgan fingerprint density at radius 2 is 2.21 bits per heavy atom. The zero-order chi connectivity index (χ0) is 13.7. The Hall–Kier alpha value is -1.39. The van der Waals surface area contributed by atoms with Crippen LogP contribution in [0.25, 0.3) is 0 Å². The predicted molar refractivity (Wildman–Crippen MR) is 74.5 cm³/mol. The monoisotopic (exact) mass is 263 g/mol. The number of hydrogen-bond donors (Lipinski definition) is 0. The summed E-state index contributed by atoms with van der Waals surface area (Å²) in [5.74, 6) is 0.0286. The molecular formula is C15H21NO3. The lowest BCUT2D eigenvalue weighted by molar-refractivity contribution is -0.123. The van der Waals surface area contributed by atoms with Crippen molar-refractivity contribution in [3.8, 4) is 0 Å². The Balaban J connectivity index is 2.00. The van der Waals surface area contributed by atoms with Crippen LogP contribution in [0.3, 0.4) is 0 Å². The zero-order valence-electron chi connectivity index (χ0n) is 11.6. The minimum absolute atomic E-state index is 0.0286. The molecule has 0 spiro atoms. The third kappa shape index (κ3) is 3.55. The number of amides is 1. The quantitative estimate of drug-likeness (QED) is 0.762. The molecule has 19 heavy (non-hydrogen) atoms. The second-order valence-electron chi connectivity index (χ2n) is 4.83. The summed E-state index contributed by atoms with van der Waals surface area (Å²) in [7, 11) is 1.62. The summed E-state index contributed by atoms with van der Waals surface area (Å²) in [5, 5.41) is 0. The van der Waals surface area contributed by atoms with Crippen LogP contribution in [0.5, 0.6) is 0 Å². The molecule has 1 heterocycles. The standard InChI is InChI=1S/C15H21NO3/c1-12-5-6-14-13(10-12)4-3-7-16(14)15(17)11-19-9-8-18-2/h5-6,10H,3-4,7-9,11H2,1-2H3. The number of nitrogens with zero attached hydrogens (tertiary/aromatic N) is 1. The van der Waals surface area contributed by atoms with E-state index in [0.29, 0.717) is 13.2 Å². The van der Waals surface area contributed by atoms with Crippen LogP contribution in [0, 0.1) is 6.92 Å². The molecule has 1 amide bonds. The molecule has 0 radical (unpaired) electrons. The van der Waals surface area contributed by atoms with E-state index < -0.39 is 0 Å². The first-order valence-electron chi connectivity index (χ1n) is 6.69. The van der Waals surface area contributed by atoms with Crippen LogP contribution in [0.4, 0.5) is 5.69 Å². The molecule has 104 valence electrons. The highest BCUT2D eigenvalue weighted by molar-refractivity contribution is 5.95. The molecule has 0 aromatic heterocycles. The maximum absolute atomic E-state index is 12.2. The highest BCUT2D eigenvalue weighted by Crippen LogP contribution is 2.27. The first kappa shape index (κ1) is 14.0. The van der Waals surface area contributed by atoms with Gasteiger partial charge in [0.15, 0.2) is 0 Å².